The average Bonchev–Trinajstić information content (AvgIpc) is 2.96. The van der Waals surface area contributed by atoms with Gasteiger partial charge in [0.05, 0.1) is 11.3 Å². The number of rotatable bonds is 6. The number of carbonyl (C=O) groups excluding carboxylic acids is 1. The largest absolute Gasteiger partial charge is 0.352 e. The van der Waals surface area contributed by atoms with E-state index in [1.54, 1.807) is 12.5 Å². The van der Waals surface area contributed by atoms with Gasteiger partial charge in [0.1, 0.15) is 0 Å². The number of aryl methyl sites for hydroxylation is 1. The fourth-order valence-corrected chi connectivity index (χ4v) is 1.78. The fraction of sp³-hybridized carbons (Fsp3) is 0.231. The third-order valence-electron chi connectivity index (χ3n) is 2.84. The van der Waals surface area contributed by atoms with Crippen molar-refractivity contribution in [3.05, 3.63) is 58.4 Å². The van der Waals surface area contributed by atoms with E-state index in [-0.39, 0.29) is 5.56 Å². The van der Waals surface area contributed by atoms with Crippen LogP contribution < -0.4 is 5.32 Å². The molecule has 0 spiro atoms. The Morgan fingerprint density at radius 1 is 1.48 bits per heavy atom. The van der Waals surface area contributed by atoms with Crippen molar-refractivity contribution in [2.75, 3.05) is 6.54 Å². The lowest BCUT2D eigenvalue weighted by Gasteiger charge is -2.06. The second-order valence-electron chi connectivity index (χ2n) is 4.33. The monoisotopic (exact) mass is 292 g/mol. The van der Waals surface area contributed by atoms with Gasteiger partial charge in [-0.1, -0.05) is 0 Å². The molecule has 1 N–H and O–H groups in total. The van der Waals surface area contributed by atoms with Gasteiger partial charge in [0.15, 0.2) is 0 Å². The van der Waals surface area contributed by atoms with Gasteiger partial charge in [0.2, 0.25) is 5.82 Å². The first kappa shape index (κ1) is 14.6. The van der Waals surface area contributed by atoms with Crippen LogP contribution in [0.5, 0.6) is 0 Å². The molecule has 0 aliphatic heterocycles. The highest BCUT2D eigenvalue weighted by atomic mass is 19.1. The summed E-state index contributed by atoms with van der Waals surface area (Å²) < 4.78 is 15.3. The van der Waals surface area contributed by atoms with E-state index in [1.165, 1.54) is 6.07 Å². The summed E-state index contributed by atoms with van der Waals surface area (Å²) in [7, 11) is 0. The van der Waals surface area contributed by atoms with Crippen LogP contribution in [0.2, 0.25) is 0 Å². The first-order valence-electron chi connectivity index (χ1n) is 6.26. The maximum Gasteiger partial charge on any atom is 0.304 e. The number of nitro groups is 1. The molecule has 0 bridgehead atoms. The lowest BCUT2D eigenvalue weighted by molar-refractivity contribution is -0.387. The summed E-state index contributed by atoms with van der Waals surface area (Å²) in [4.78, 5) is 25.3. The molecule has 0 aliphatic carbocycles. The first-order chi connectivity index (χ1) is 10.1. The minimum Gasteiger partial charge on any atom is -0.352 e. The molecule has 0 saturated heterocycles. The van der Waals surface area contributed by atoms with Gasteiger partial charge in [0, 0.05) is 37.1 Å². The zero-order valence-corrected chi connectivity index (χ0v) is 11.0. The Hall–Kier alpha value is -2.77. The molecule has 21 heavy (non-hydrogen) atoms. The third-order valence-corrected chi connectivity index (χ3v) is 2.84. The maximum absolute atomic E-state index is 13.4. The van der Waals surface area contributed by atoms with Gasteiger partial charge in [-0.15, -0.1) is 0 Å². The standard InChI is InChI=1S/C13H13FN4O3/c14-11-8-10(2-3-12(11)18(20)21)13(19)16-4-1-6-17-7-5-15-9-17/h2-3,5,7-9H,1,4,6H2,(H,16,19). The van der Waals surface area contributed by atoms with E-state index in [1.807, 2.05) is 10.8 Å². The van der Waals surface area contributed by atoms with Crippen molar-refractivity contribution in [2.24, 2.45) is 0 Å². The zero-order chi connectivity index (χ0) is 15.2. The number of carbonyl (C=O) groups is 1. The average molecular weight is 292 g/mol. The SMILES string of the molecule is O=C(NCCCn1ccnc1)c1ccc([N+](=O)[O-])c(F)c1. The van der Waals surface area contributed by atoms with E-state index in [0.29, 0.717) is 19.5 Å². The summed E-state index contributed by atoms with van der Waals surface area (Å²) in [6, 6.07) is 3.07. The molecule has 1 aromatic heterocycles. The molecule has 1 heterocycles. The smallest absolute Gasteiger partial charge is 0.304 e. The summed E-state index contributed by atoms with van der Waals surface area (Å²) in [5.74, 6) is -1.49. The second-order valence-corrected chi connectivity index (χ2v) is 4.33. The van der Waals surface area contributed by atoms with Crippen LogP contribution in [0.4, 0.5) is 10.1 Å². The quantitative estimate of drug-likeness (QED) is 0.499. The van der Waals surface area contributed by atoms with Crippen LogP contribution in [-0.4, -0.2) is 26.9 Å². The van der Waals surface area contributed by atoms with Crippen LogP contribution in [0.1, 0.15) is 16.8 Å². The number of nitrogens with zero attached hydrogens (tertiary/aromatic N) is 3. The minimum atomic E-state index is -1.02. The predicted molar refractivity (Wildman–Crippen MR) is 72.2 cm³/mol. The molecule has 0 saturated carbocycles. The van der Waals surface area contributed by atoms with Gasteiger partial charge in [-0.2, -0.15) is 4.39 Å². The molecule has 1 amide bonds. The minimum absolute atomic E-state index is 0.0562. The highest BCUT2D eigenvalue weighted by Crippen LogP contribution is 2.17. The highest BCUT2D eigenvalue weighted by molar-refractivity contribution is 5.94. The Morgan fingerprint density at radius 2 is 2.29 bits per heavy atom. The summed E-state index contributed by atoms with van der Waals surface area (Å²) >= 11 is 0. The number of aromatic nitrogens is 2. The number of halogens is 1. The van der Waals surface area contributed by atoms with Gasteiger partial charge < -0.3 is 9.88 Å². The first-order valence-corrected chi connectivity index (χ1v) is 6.26. The van der Waals surface area contributed by atoms with Crippen molar-refractivity contribution in [3.8, 4) is 0 Å². The van der Waals surface area contributed by atoms with E-state index in [9.17, 15) is 19.3 Å². The predicted octanol–water partition coefficient (Wildman–Crippen LogP) is 1.75. The van der Waals surface area contributed by atoms with Crippen molar-refractivity contribution in [1.29, 1.82) is 0 Å². The molecule has 0 aliphatic rings. The Balaban J connectivity index is 1.85. The second kappa shape index (κ2) is 6.60. The van der Waals surface area contributed by atoms with Crippen molar-refractivity contribution >= 4 is 11.6 Å². The molecule has 0 fully saturated rings. The number of nitro benzene ring substituents is 1. The number of hydrogen-bond acceptors (Lipinski definition) is 4. The third kappa shape index (κ3) is 3.85. The molecule has 0 unspecified atom stereocenters. The van der Waals surface area contributed by atoms with Crippen LogP contribution in [0.3, 0.4) is 0 Å². The van der Waals surface area contributed by atoms with Crippen molar-refractivity contribution in [2.45, 2.75) is 13.0 Å². The van der Waals surface area contributed by atoms with Gasteiger partial charge in [-0.3, -0.25) is 14.9 Å². The molecular weight excluding hydrogens is 279 g/mol. The van der Waals surface area contributed by atoms with Crippen LogP contribution >= 0.6 is 0 Å². The Morgan fingerprint density at radius 3 is 2.90 bits per heavy atom. The summed E-state index contributed by atoms with van der Waals surface area (Å²) in [6.45, 7) is 1.12. The molecular formula is C13H13FN4O3. The molecule has 1 aromatic carbocycles. The summed E-state index contributed by atoms with van der Waals surface area (Å²) in [6.07, 6.45) is 5.84. The molecule has 2 rings (SSSR count). The lowest BCUT2D eigenvalue weighted by Crippen LogP contribution is -2.25. The van der Waals surface area contributed by atoms with Crippen LogP contribution in [0, 0.1) is 15.9 Å². The fourth-order valence-electron chi connectivity index (χ4n) is 1.78. The maximum atomic E-state index is 13.4. The number of hydrogen-bond donors (Lipinski definition) is 1. The van der Waals surface area contributed by atoms with E-state index >= 15 is 0 Å². The molecule has 0 atom stereocenters. The van der Waals surface area contributed by atoms with Gasteiger partial charge >= 0.3 is 5.69 Å². The number of benzene rings is 1. The molecule has 110 valence electrons. The topological polar surface area (TPSA) is 90.1 Å². The van der Waals surface area contributed by atoms with Gasteiger partial charge in [0.25, 0.3) is 5.91 Å². The molecule has 2 aromatic rings. The Bertz CT molecular complexity index is 643. The Labute approximate surface area is 119 Å². The van der Waals surface area contributed by atoms with Gasteiger partial charge in [-0.25, -0.2) is 4.98 Å². The van der Waals surface area contributed by atoms with E-state index in [4.69, 9.17) is 0 Å². The van der Waals surface area contributed by atoms with Crippen LogP contribution in [0.15, 0.2) is 36.9 Å². The summed E-state index contributed by atoms with van der Waals surface area (Å²) in [5, 5.41) is 13.1. The van der Waals surface area contributed by atoms with Crippen molar-refractivity contribution < 1.29 is 14.1 Å². The number of imidazole rings is 1. The Kier molecular flexibility index (Phi) is 4.60. The van der Waals surface area contributed by atoms with E-state index in [2.05, 4.69) is 10.3 Å². The molecule has 8 heteroatoms. The van der Waals surface area contributed by atoms with Crippen molar-refractivity contribution in [3.63, 3.8) is 0 Å². The molecule has 7 nitrogen and oxygen atoms in total. The van der Waals surface area contributed by atoms with Crippen molar-refractivity contribution in [1.82, 2.24) is 14.9 Å². The highest BCUT2D eigenvalue weighted by Gasteiger charge is 2.16. The van der Waals surface area contributed by atoms with Gasteiger partial charge in [-0.05, 0) is 18.6 Å². The molecule has 0 radical (unpaired) electrons. The van der Waals surface area contributed by atoms with E-state index < -0.39 is 22.3 Å². The number of nitrogens with one attached hydrogen (secondary N) is 1. The van der Waals surface area contributed by atoms with E-state index in [0.717, 1.165) is 12.1 Å². The lowest BCUT2D eigenvalue weighted by atomic mass is 10.2. The number of amides is 1. The van der Waals surface area contributed by atoms with Crippen LogP contribution in [0.25, 0.3) is 0 Å². The van der Waals surface area contributed by atoms with Crippen LogP contribution in [-0.2, 0) is 6.54 Å². The summed E-state index contributed by atoms with van der Waals surface area (Å²) in [5.41, 5.74) is -0.590. The normalized spacial score (nSPS) is 10.3. The zero-order valence-electron chi connectivity index (χ0n) is 11.0.